The highest BCUT2D eigenvalue weighted by Crippen LogP contribution is 2.19. The van der Waals surface area contributed by atoms with E-state index >= 15 is 0 Å². The van der Waals surface area contributed by atoms with Crippen molar-refractivity contribution in [2.45, 2.75) is 20.8 Å². The van der Waals surface area contributed by atoms with Crippen LogP contribution < -0.4 is 0 Å². The highest BCUT2D eigenvalue weighted by atomic mass is 19.1. The fourth-order valence-electron chi connectivity index (χ4n) is 2.20. The molecule has 0 saturated heterocycles. The summed E-state index contributed by atoms with van der Waals surface area (Å²) in [6.45, 7) is 5.94. The lowest BCUT2D eigenvalue weighted by Gasteiger charge is -2.07. The smallest absolute Gasteiger partial charge is 0.203 e. The van der Waals surface area contributed by atoms with E-state index in [4.69, 9.17) is 0 Å². The van der Waals surface area contributed by atoms with E-state index in [0.29, 0.717) is 5.56 Å². The summed E-state index contributed by atoms with van der Waals surface area (Å²) in [5.74, 6) is -0.816. The van der Waals surface area contributed by atoms with E-state index in [1.807, 2.05) is 39.0 Å². The maximum Gasteiger partial charge on any atom is 0.203 e. The van der Waals surface area contributed by atoms with Gasteiger partial charge in [-0.15, -0.1) is 0 Å². The molecule has 2 aromatic carbocycles. The molecule has 0 bridgehead atoms. The summed E-state index contributed by atoms with van der Waals surface area (Å²) in [7, 11) is 0. The van der Waals surface area contributed by atoms with Gasteiger partial charge in [0.25, 0.3) is 0 Å². The maximum absolute atomic E-state index is 12.9. The summed E-state index contributed by atoms with van der Waals surface area (Å²) in [5.41, 5.74) is 4.45. The number of rotatable bonds is 3. The van der Waals surface area contributed by atoms with Gasteiger partial charge in [-0.25, -0.2) is 4.39 Å². The maximum atomic E-state index is 12.9. The summed E-state index contributed by atoms with van der Waals surface area (Å²) in [6.07, 6.45) is 1.59. The van der Waals surface area contributed by atoms with E-state index in [1.165, 1.54) is 24.3 Å². The van der Waals surface area contributed by atoms with Gasteiger partial charge >= 0.3 is 0 Å². The van der Waals surface area contributed by atoms with Crippen LogP contribution in [0.3, 0.4) is 0 Å². The molecule has 2 aromatic rings. The summed E-state index contributed by atoms with van der Waals surface area (Å²) in [5, 5.41) is 9.28. The molecule has 0 unspecified atom stereocenters. The van der Waals surface area contributed by atoms with Crippen LogP contribution in [0, 0.1) is 37.9 Å². The molecule has 3 heteroatoms. The SMILES string of the molecule is Cc1cc(C)c(/C=C(\C#N)C(=O)c2ccc(F)cc2)cc1C. The van der Waals surface area contributed by atoms with Crippen molar-refractivity contribution in [3.63, 3.8) is 0 Å². The number of Topliss-reactive ketones (excluding diaryl/α,β-unsaturated/α-hetero) is 1. The summed E-state index contributed by atoms with van der Waals surface area (Å²) in [6, 6.07) is 11.1. The van der Waals surface area contributed by atoms with Gasteiger partial charge in [-0.05, 0) is 73.4 Å². The van der Waals surface area contributed by atoms with Crippen LogP contribution in [-0.4, -0.2) is 5.78 Å². The van der Waals surface area contributed by atoms with Crippen LogP contribution >= 0.6 is 0 Å². The van der Waals surface area contributed by atoms with Crippen LogP contribution in [0.2, 0.25) is 0 Å². The second-order valence-electron chi connectivity index (χ2n) is 5.30. The minimum atomic E-state index is -0.413. The van der Waals surface area contributed by atoms with Gasteiger partial charge in [0, 0.05) is 5.56 Å². The average molecular weight is 293 g/mol. The molecule has 0 aliphatic carbocycles. The van der Waals surface area contributed by atoms with Gasteiger partial charge in [-0.2, -0.15) is 5.26 Å². The molecular formula is C19H16FNO. The molecule has 0 saturated carbocycles. The van der Waals surface area contributed by atoms with Crippen LogP contribution in [0.1, 0.15) is 32.6 Å². The Hall–Kier alpha value is -2.73. The fourth-order valence-corrected chi connectivity index (χ4v) is 2.20. The highest BCUT2D eigenvalue weighted by molar-refractivity contribution is 6.14. The topological polar surface area (TPSA) is 40.9 Å². The normalized spacial score (nSPS) is 11.1. The zero-order valence-electron chi connectivity index (χ0n) is 12.8. The second kappa shape index (κ2) is 6.36. The largest absolute Gasteiger partial charge is 0.288 e. The summed E-state index contributed by atoms with van der Waals surface area (Å²) < 4.78 is 12.9. The van der Waals surface area contributed by atoms with Crippen molar-refractivity contribution < 1.29 is 9.18 Å². The van der Waals surface area contributed by atoms with Crippen LogP contribution in [-0.2, 0) is 0 Å². The van der Waals surface area contributed by atoms with Crippen molar-refractivity contribution >= 4 is 11.9 Å². The van der Waals surface area contributed by atoms with Gasteiger partial charge in [0.15, 0.2) is 0 Å². The zero-order valence-corrected chi connectivity index (χ0v) is 12.8. The molecule has 0 aromatic heterocycles. The van der Waals surface area contributed by atoms with Gasteiger partial charge in [0.05, 0.1) is 0 Å². The molecule has 0 atom stereocenters. The third-order valence-corrected chi connectivity index (χ3v) is 3.65. The lowest BCUT2D eigenvalue weighted by atomic mass is 9.97. The number of hydrogen-bond acceptors (Lipinski definition) is 2. The monoisotopic (exact) mass is 293 g/mol. The van der Waals surface area contributed by atoms with E-state index in [9.17, 15) is 14.4 Å². The molecule has 0 heterocycles. The van der Waals surface area contributed by atoms with Gasteiger partial charge in [-0.3, -0.25) is 4.79 Å². The van der Waals surface area contributed by atoms with E-state index in [2.05, 4.69) is 0 Å². The number of aryl methyl sites for hydroxylation is 3. The highest BCUT2D eigenvalue weighted by Gasteiger charge is 2.13. The first kappa shape index (κ1) is 15.7. The predicted octanol–water partition coefficient (Wildman–Crippen LogP) is 4.54. The van der Waals surface area contributed by atoms with Crippen molar-refractivity contribution in [3.8, 4) is 6.07 Å². The molecule has 22 heavy (non-hydrogen) atoms. The lowest BCUT2D eigenvalue weighted by Crippen LogP contribution is -2.02. The number of allylic oxidation sites excluding steroid dienone is 1. The molecule has 110 valence electrons. The molecular weight excluding hydrogens is 277 g/mol. The van der Waals surface area contributed by atoms with Crippen molar-refractivity contribution in [1.82, 2.24) is 0 Å². The number of halogens is 1. The quantitative estimate of drug-likeness (QED) is 0.473. The average Bonchev–Trinajstić information content (AvgIpc) is 2.49. The van der Waals surface area contributed by atoms with E-state index in [0.717, 1.165) is 22.3 Å². The Labute approximate surface area is 129 Å². The molecule has 0 spiro atoms. The zero-order chi connectivity index (χ0) is 16.3. The third-order valence-electron chi connectivity index (χ3n) is 3.65. The second-order valence-corrected chi connectivity index (χ2v) is 5.30. The van der Waals surface area contributed by atoms with Gasteiger partial charge < -0.3 is 0 Å². The Morgan fingerprint density at radius 3 is 2.23 bits per heavy atom. The number of hydrogen-bond donors (Lipinski definition) is 0. The first-order chi connectivity index (χ1) is 10.4. The molecule has 2 nitrogen and oxygen atoms in total. The Morgan fingerprint density at radius 1 is 1.05 bits per heavy atom. The van der Waals surface area contributed by atoms with Crippen LogP contribution in [0.25, 0.3) is 6.08 Å². The number of carbonyl (C=O) groups is 1. The first-order valence-corrected chi connectivity index (χ1v) is 6.92. The molecule has 0 aliphatic heterocycles. The van der Waals surface area contributed by atoms with Crippen LogP contribution in [0.5, 0.6) is 0 Å². The predicted molar refractivity (Wildman–Crippen MR) is 85.0 cm³/mol. The molecule has 0 N–H and O–H groups in total. The van der Waals surface area contributed by atoms with Gasteiger partial charge in [-0.1, -0.05) is 12.1 Å². The van der Waals surface area contributed by atoms with Crippen LogP contribution in [0.4, 0.5) is 4.39 Å². The molecule has 0 fully saturated rings. The first-order valence-electron chi connectivity index (χ1n) is 6.92. The summed E-state index contributed by atoms with van der Waals surface area (Å²) in [4.78, 5) is 12.3. The summed E-state index contributed by atoms with van der Waals surface area (Å²) >= 11 is 0. The molecule has 2 rings (SSSR count). The van der Waals surface area contributed by atoms with E-state index in [-0.39, 0.29) is 5.57 Å². The number of nitrogens with zero attached hydrogens (tertiary/aromatic N) is 1. The van der Waals surface area contributed by atoms with Crippen molar-refractivity contribution in [3.05, 3.63) is 75.6 Å². The van der Waals surface area contributed by atoms with Crippen molar-refractivity contribution in [1.29, 1.82) is 5.26 Å². The lowest BCUT2D eigenvalue weighted by molar-refractivity contribution is 0.104. The number of carbonyl (C=O) groups excluding carboxylic acids is 1. The van der Waals surface area contributed by atoms with Crippen molar-refractivity contribution in [2.75, 3.05) is 0 Å². The Balaban J connectivity index is 2.44. The van der Waals surface area contributed by atoms with E-state index < -0.39 is 11.6 Å². The number of ketones is 1. The standard InChI is InChI=1S/C19H16FNO/c1-12-8-14(3)16(9-13(12)2)10-17(11-21)19(22)15-4-6-18(20)7-5-15/h4-10H,1-3H3/b17-10+. The van der Waals surface area contributed by atoms with Gasteiger partial charge in [0.2, 0.25) is 5.78 Å². The van der Waals surface area contributed by atoms with Crippen LogP contribution in [0.15, 0.2) is 42.0 Å². The molecule has 0 radical (unpaired) electrons. The molecule has 0 aliphatic rings. The Bertz CT molecular complexity index is 795. The Kier molecular flexibility index (Phi) is 4.53. The minimum Gasteiger partial charge on any atom is -0.288 e. The minimum absolute atomic E-state index is 0.0398. The van der Waals surface area contributed by atoms with Crippen molar-refractivity contribution in [2.24, 2.45) is 0 Å². The fraction of sp³-hybridized carbons (Fsp3) is 0.158. The molecule has 0 amide bonds. The van der Waals surface area contributed by atoms with E-state index in [1.54, 1.807) is 6.08 Å². The Morgan fingerprint density at radius 2 is 1.64 bits per heavy atom. The van der Waals surface area contributed by atoms with Gasteiger partial charge in [0.1, 0.15) is 17.5 Å². The third kappa shape index (κ3) is 3.29. The number of nitriles is 1. The number of benzene rings is 2.